The van der Waals surface area contributed by atoms with Crippen LogP contribution in [0.1, 0.15) is 26.2 Å². The van der Waals surface area contributed by atoms with Gasteiger partial charge < -0.3 is 0 Å². The molecule has 0 saturated heterocycles. The molecule has 0 N–H and O–H groups in total. The molecule has 0 nitrogen and oxygen atoms in total. The summed E-state index contributed by atoms with van der Waals surface area (Å²) in [6.07, 6.45) is 4.12. The number of rotatable bonds is 2. The first-order valence-electron chi connectivity index (χ1n) is 4.27. The van der Waals surface area contributed by atoms with Gasteiger partial charge in [0.05, 0.1) is 8.07 Å². The van der Waals surface area contributed by atoms with Crippen molar-refractivity contribution in [2.45, 2.75) is 45.8 Å². The van der Waals surface area contributed by atoms with Crippen molar-refractivity contribution in [2.24, 2.45) is 0 Å². The first-order valence-corrected chi connectivity index (χ1v) is 7.77. The average Bonchev–Trinajstić information content (AvgIpc) is 1.57. The van der Waals surface area contributed by atoms with Crippen molar-refractivity contribution in [3.05, 3.63) is 10.8 Å². The van der Waals surface area contributed by atoms with E-state index in [1.54, 1.807) is 5.57 Å². The van der Waals surface area contributed by atoms with Crippen molar-refractivity contribution in [3.63, 3.8) is 0 Å². The van der Waals surface area contributed by atoms with Gasteiger partial charge in [0.2, 0.25) is 0 Å². The Hall–Kier alpha value is -0.0431. The Labute approximate surface area is 65.3 Å². The van der Waals surface area contributed by atoms with Crippen LogP contribution >= 0.6 is 0 Å². The highest BCUT2D eigenvalue weighted by atomic mass is 28.3. The molecule has 0 spiro atoms. The Morgan fingerprint density at radius 2 is 1.80 bits per heavy atom. The summed E-state index contributed by atoms with van der Waals surface area (Å²) in [4.78, 5) is 0. The van der Waals surface area contributed by atoms with Gasteiger partial charge in [0.25, 0.3) is 0 Å². The summed E-state index contributed by atoms with van der Waals surface area (Å²) in [5.41, 5.74) is 1.78. The van der Waals surface area contributed by atoms with E-state index in [1.807, 2.05) is 5.20 Å². The van der Waals surface area contributed by atoms with E-state index < -0.39 is 8.07 Å². The SMILES string of the molecule is CCC1=C([Si](C)(C)C)CC1. The second kappa shape index (κ2) is 2.53. The normalized spacial score (nSPS) is 19.2. The average molecular weight is 154 g/mol. The zero-order valence-corrected chi connectivity index (χ0v) is 8.62. The van der Waals surface area contributed by atoms with Crippen LogP contribution < -0.4 is 0 Å². The molecule has 0 aromatic carbocycles. The van der Waals surface area contributed by atoms with Gasteiger partial charge in [-0.3, -0.25) is 0 Å². The van der Waals surface area contributed by atoms with Gasteiger partial charge in [-0.1, -0.05) is 37.3 Å². The molecule has 1 heteroatoms. The molecule has 10 heavy (non-hydrogen) atoms. The van der Waals surface area contributed by atoms with Crippen molar-refractivity contribution in [1.82, 2.24) is 0 Å². The first kappa shape index (κ1) is 8.06. The second-order valence-corrected chi connectivity index (χ2v) is 9.29. The van der Waals surface area contributed by atoms with Crippen LogP contribution in [0.25, 0.3) is 0 Å². The molecule has 1 aliphatic carbocycles. The summed E-state index contributed by atoms with van der Waals surface area (Å²) in [5.74, 6) is 0. The van der Waals surface area contributed by atoms with Gasteiger partial charge in [0, 0.05) is 0 Å². The Morgan fingerprint density at radius 3 is 1.90 bits per heavy atom. The number of hydrogen-bond acceptors (Lipinski definition) is 0. The first-order chi connectivity index (χ1) is 4.55. The molecule has 0 atom stereocenters. The van der Waals surface area contributed by atoms with Crippen LogP contribution in [0.5, 0.6) is 0 Å². The summed E-state index contributed by atoms with van der Waals surface area (Å²) in [7, 11) is -0.878. The Kier molecular flexibility index (Phi) is 2.04. The van der Waals surface area contributed by atoms with E-state index in [4.69, 9.17) is 0 Å². The van der Waals surface area contributed by atoms with E-state index in [0.29, 0.717) is 0 Å². The number of hydrogen-bond donors (Lipinski definition) is 0. The zero-order valence-electron chi connectivity index (χ0n) is 7.62. The van der Waals surface area contributed by atoms with Crippen LogP contribution in [-0.2, 0) is 0 Å². The van der Waals surface area contributed by atoms with Crippen LogP contribution in [0.15, 0.2) is 10.8 Å². The summed E-state index contributed by atoms with van der Waals surface area (Å²) in [6, 6.07) is 0. The third-order valence-corrected chi connectivity index (χ3v) is 4.85. The van der Waals surface area contributed by atoms with Crippen LogP contribution in [0.4, 0.5) is 0 Å². The molecule has 58 valence electrons. The largest absolute Gasteiger partial charge is 0.0815 e. The van der Waals surface area contributed by atoms with Crippen LogP contribution in [0.3, 0.4) is 0 Å². The van der Waals surface area contributed by atoms with Gasteiger partial charge in [0.1, 0.15) is 0 Å². The molecular formula is C9H18Si. The standard InChI is InChI=1S/C9H18Si/c1-5-8-6-7-9(8)10(2,3)4/h5-7H2,1-4H3. The summed E-state index contributed by atoms with van der Waals surface area (Å²) < 4.78 is 0. The highest BCUT2D eigenvalue weighted by Gasteiger charge is 2.27. The predicted molar refractivity (Wildman–Crippen MR) is 49.9 cm³/mol. The molecule has 0 unspecified atom stereocenters. The summed E-state index contributed by atoms with van der Waals surface area (Å²) in [5, 5.41) is 1.86. The topological polar surface area (TPSA) is 0 Å². The highest BCUT2D eigenvalue weighted by molar-refractivity contribution is 6.83. The predicted octanol–water partition coefficient (Wildman–Crippen LogP) is 3.36. The van der Waals surface area contributed by atoms with Crippen LogP contribution in [0, 0.1) is 0 Å². The maximum absolute atomic E-state index is 2.46. The second-order valence-electron chi connectivity index (χ2n) is 4.19. The molecule has 0 aromatic heterocycles. The molecule has 0 fully saturated rings. The van der Waals surface area contributed by atoms with E-state index >= 15 is 0 Å². The fraction of sp³-hybridized carbons (Fsp3) is 0.778. The number of allylic oxidation sites excluding steroid dienone is 2. The van der Waals surface area contributed by atoms with Gasteiger partial charge in [-0.2, -0.15) is 0 Å². The Balaban J connectivity index is 2.74. The summed E-state index contributed by atoms with van der Waals surface area (Å²) in [6.45, 7) is 9.65. The third-order valence-electron chi connectivity index (χ3n) is 2.44. The molecule has 1 rings (SSSR count). The smallest absolute Gasteiger partial charge is 0.0723 e. The van der Waals surface area contributed by atoms with Crippen LogP contribution in [0.2, 0.25) is 19.6 Å². The lowest BCUT2D eigenvalue weighted by atomic mass is 9.96. The van der Waals surface area contributed by atoms with Gasteiger partial charge in [-0.05, 0) is 19.3 Å². The zero-order chi connectivity index (χ0) is 7.78. The van der Waals surface area contributed by atoms with E-state index in [1.165, 1.54) is 19.3 Å². The quantitative estimate of drug-likeness (QED) is 0.535. The minimum Gasteiger partial charge on any atom is -0.0815 e. The molecular weight excluding hydrogens is 136 g/mol. The monoisotopic (exact) mass is 154 g/mol. The third kappa shape index (κ3) is 1.34. The molecule has 1 aliphatic rings. The Morgan fingerprint density at radius 1 is 1.20 bits per heavy atom. The fourth-order valence-corrected chi connectivity index (χ4v) is 3.96. The van der Waals surface area contributed by atoms with Crippen LogP contribution in [-0.4, -0.2) is 8.07 Å². The van der Waals surface area contributed by atoms with Crippen molar-refractivity contribution < 1.29 is 0 Å². The van der Waals surface area contributed by atoms with E-state index in [9.17, 15) is 0 Å². The molecule has 0 amide bonds. The lowest BCUT2D eigenvalue weighted by Crippen LogP contribution is -2.29. The van der Waals surface area contributed by atoms with Gasteiger partial charge >= 0.3 is 0 Å². The van der Waals surface area contributed by atoms with Gasteiger partial charge in [0.15, 0.2) is 0 Å². The van der Waals surface area contributed by atoms with Crippen molar-refractivity contribution >= 4 is 8.07 Å². The highest BCUT2D eigenvalue weighted by Crippen LogP contribution is 2.36. The van der Waals surface area contributed by atoms with Gasteiger partial charge in [-0.25, -0.2) is 0 Å². The molecule has 0 heterocycles. The van der Waals surface area contributed by atoms with E-state index in [-0.39, 0.29) is 0 Å². The van der Waals surface area contributed by atoms with Gasteiger partial charge in [-0.15, -0.1) is 0 Å². The molecule has 0 bridgehead atoms. The minimum atomic E-state index is -0.878. The van der Waals surface area contributed by atoms with E-state index in [0.717, 1.165) is 0 Å². The Bertz CT molecular complexity index is 160. The van der Waals surface area contributed by atoms with Crippen molar-refractivity contribution in [3.8, 4) is 0 Å². The lowest BCUT2D eigenvalue weighted by Gasteiger charge is -2.32. The van der Waals surface area contributed by atoms with Crippen molar-refractivity contribution in [2.75, 3.05) is 0 Å². The molecule has 0 saturated carbocycles. The van der Waals surface area contributed by atoms with Crippen molar-refractivity contribution in [1.29, 1.82) is 0 Å². The molecule has 0 aliphatic heterocycles. The molecule has 0 aromatic rings. The molecule has 0 radical (unpaired) electrons. The minimum absolute atomic E-state index is 0.878. The maximum Gasteiger partial charge on any atom is 0.0723 e. The fourth-order valence-electron chi connectivity index (χ4n) is 1.72. The summed E-state index contributed by atoms with van der Waals surface area (Å²) >= 11 is 0. The maximum atomic E-state index is 2.46. The lowest BCUT2D eigenvalue weighted by molar-refractivity contribution is 0.788. The van der Waals surface area contributed by atoms with E-state index in [2.05, 4.69) is 26.6 Å².